The van der Waals surface area contributed by atoms with E-state index in [1.807, 2.05) is 0 Å². The van der Waals surface area contributed by atoms with Gasteiger partial charge >= 0.3 is 0 Å². The van der Waals surface area contributed by atoms with Gasteiger partial charge in [0.05, 0.1) is 6.04 Å². The van der Waals surface area contributed by atoms with Gasteiger partial charge in [-0.25, -0.2) is 0 Å². The molecule has 4 nitrogen and oxygen atoms in total. The number of rotatable bonds is 8. The Balaban J connectivity index is 1.73. The summed E-state index contributed by atoms with van der Waals surface area (Å²) in [5.74, 6) is 0.701. The van der Waals surface area contributed by atoms with E-state index in [9.17, 15) is 4.79 Å². The van der Waals surface area contributed by atoms with Gasteiger partial charge in [-0.1, -0.05) is 0 Å². The number of hydrogen-bond donors (Lipinski definition) is 2. The molecule has 1 unspecified atom stereocenters. The van der Waals surface area contributed by atoms with Crippen LogP contribution in [0.5, 0.6) is 0 Å². The normalized spacial score (nSPS) is 22.4. The van der Waals surface area contributed by atoms with E-state index >= 15 is 0 Å². The summed E-state index contributed by atoms with van der Waals surface area (Å²) in [5, 5.41) is 2.98. The molecule has 4 heteroatoms. The van der Waals surface area contributed by atoms with Gasteiger partial charge in [0.15, 0.2) is 0 Å². The fourth-order valence-electron chi connectivity index (χ4n) is 2.22. The van der Waals surface area contributed by atoms with Gasteiger partial charge in [-0.2, -0.15) is 0 Å². The van der Waals surface area contributed by atoms with E-state index in [1.54, 1.807) is 7.05 Å². The lowest BCUT2D eigenvalue weighted by molar-refractivity contribution is -0.120. The number of primary amides is 1. The first-order chi connectivity index (χ1) is 7.70. The third kappa shape index (κ3) is 3.46. The molecular formula is C12H23N3O. The summed E-state index contributed by atoms with van der Waals surface area (Å²) < 4.78 is 0. The Hall–Kier alpha value is -0.610. The molecule has 3 N–H and O–H groups in total. The number of carbonyl (C=O) groups excluding carboxylic acids is 1. The third-order valence-electron chi connectivity index (χ3n) is 3.65. The molecule has 1 amide bonds. The molecular weight excluding hydrogens is 202 g/mol. The Labute approximate surface area is 97.6 Å². The van der Waals surface area contributed by atoms with Crippen LogP contribution >= 0.6 is 0 Å². The number of nitrogens with two attached hydrogens (primary N) is 1. The molecule has 0 bridgehead atoms. The molecule has 0 spiro atoms. The zero-order chi connectivity index (χ0) is 11.5. The maximum Gasteiger partial charge on any atom is 0.234 e. The highest BCUT2D eigenvalue weighted by Crippen LogP contribution is 2.34. The van der Waals surface area contributed by atoms with E-state index in [4.69, 9.17) is 5.73 Å². The van der Waals surface area contributed by atoms with Crippen LogP contribution in [0.2, 0.25) is 0 Å². The van der Waals surface area contributed by atoms with Crippen LogP contribution in [0, 0.1) is 5.92 Å². The largest absolute Gasteiger partial charge is 0.368 e. The first-order valence-corrected chi connectivity index (χ1v) is 6.41. The van der Waals surface area contributed by atoms with E-state index < -0.39 is 0 Å². The maximum atomic E-state index is 11.1. The van der Waals surface area contributed by atoms with E-state index in [2.05, 4.69) is 10.2 Å². The highest BCUT2D eigenvalue weighted by molar-refractivity contribution is 5.79. The van der Waals surface area contributed by atoms with E-state index in [-0.39, 0.29) is 11.9 Å². The zero-order valence-electron chi connectivity index (χ0n) is 10.1. The standard InChI is InChI=1S/C12H23N3O/c1-14-11(12(13)16)6-7-15(10-4-5-10)8-9-2-3-9/h9-11,14H,2-8H2,1H3,(H2,13,16). The molecule has 2 rings (SSSR count). The van der Waals surface area contributed by atoms with E-state index in [0.717, 1.165) is 24.9 Å². The fraction of sp³-hybridized carbons (Fsp3) is 0.917. The average molecular weight is 225 g/mol. The minimum atomic E-state index is -0.232. The first kappa shape index (κ1) is 11.9. The van der Waals surface area contributed by atoms with Crippen LogP contribution in [0.1, 0.15) is 32.1 Å². The Bertz CT molecular complexity index is 249. The highest BCUT2D eigenvalue weighted by Gasteiger charge is 2.33. The minimum absolute atomic E-state index is 0.166. The monoisotopic (exact) mass is 225 g/mol. The van der Waals surface area contributed by atoms with Gasteiger partial charge in [-0.05, 0) is 45.1 Å². The topological polar surface area (TPSA) is 58.4 Å². The van der Waals surface area contributed by atoms with Gasteiger partial charge in [0.2, 0.25) is 5.91 Å². The first-order valence-electron chi connectivity index (χ1n) is 6.41. The Morgan fingerprint density at radius 3 is 2.56 bits per heavy atom. The summed E-state index contributed by atoms with van der Waals surface area (Å²) >= 11 is 0. The van der Waals surface area contributed by atoms with Crippen molar-refractivity contribution in [3.63, 3.8) is 0 Å². The van der Waals surface area contributed by atoms with Crippen molar-refractivity contribution >= 4 is 5.91 Å². The van der Waals surface area contributed by atoms with Crippen LogP contribution in [0.4, 0.5) is 0 Å². The zero-order valence-corrected chi connectivity index (χ0v) is 10.1. The number of nitrogens with zero attached hydrogens (tertiary/aromatic N) is 1. The van der Waals surface area contributed by atoms with Crippen molar-refractivity contribution in [1.29, 1.82) is 0 Å². The van der Waals surface area contributed by atoms with Crippen LogP contribution in [-0.4, -0.2) is 43.0 Å². The van der Waals surface area contributed by atoms with Gasteiger partial charge in [0.25, 0.3) is 0 Å². The molecule has 0 aromatic rings. The molecule has 0 heterocycles. The van der Waals surface area contributed by atoms with Crippen molar-refractivity contribution in [2.75, 3.05) is 20.1 Å². The average Bonchev–Trinajstić information content (AvgIpc) is 3.10. The summed E-state index contributed by atoms with van der Waals surface area (Å²) in [6.45, 7) is 2.25. The van der Waals surface area contributed by atoms with E-state index in [0.29, 0.717) is 0 Å². The number of nitrogens with one attached hydrogen (secondary N) is 1. The molecule has 2 aliphatic rings. The van der Waals surface area contributed by atoms with Gasteiger partial charge in [-0.3, -0.25) is 4.79 Å². The Morgan fingerprint density at radius 1 is 1.44 bits per heavy atom. The second kappa shape index (κ2) is 5.15. The lowest BCUT2D eigenvalue weighted by Gasteiger charge is -2.23. The molecule has 1 atom stereocenters. The second-order valence-electron chi connectivity index (χ2n) is 5.20. The summed E-state index contributed by atoms with van der Waals surface area (Å²) in [7, 11) is 1.80. The minimum Gasteiger partial charge on any atom is -0.368 e. The van der Waals surface area contributed by atoms with Gasteiger partial charge in [-0.15, -0.1) is 0 Å². The Morgan fingerprint density at radius 2 is 2.12 bits per heavy atom. The van der Waals surface area contributed by atoms with Crippen molar-refractivity contribution in [2.24, 2.45) is 11.7 Å². The van der Waals surface area contributed by atoms with Crippen LogP contribution in [0.3, 0.4) is 0 Å². The molecule has 2 fully saturated rings. The van der Waals surface area contributed by atoms with Crippen LogP contribution < -0.4 is 11.1 Å². The highest BCUT2D eigenvalue weighted by atomic mass is 16.1. The molecule has 92 valence electrons. The van der Waals surface area contributed by atoms with Gasteiger partial charge < -0.3 is 16.0 Å². The third-order valence-corrected chi connectivity index (χ3v) is 3.65. The predicted octanol–water partition coefficient (Wildman–Crippen LogP) is 0.324. The lowest BCUT2D eigenvalue weighted by Crippen LogP contribution is -2.42. The molecule has 0 aromatic carbocycles. The molecule has 2 aliphatic carbocycles. The summed E-state index contributed by atoms with van der Waals surface area (Å²) in [6.07, 6.45) is 6.32. The number of amides is 1. The summed E-state index contributed by atoms with van der Waals surface area (Å²) in [6, 6.07) is 0.631. The molecule has 0 radical (unpaired) electrons. The van der Waals surface area contributed by atoms with Crippen molar-refractivity contribution in [3.05, 3.63) is 0 Å². The quantitative estimate of drug-likeness (QED) is 0.625. The number of likely N-dealkylation sites (N-methyl/N-ethyl adjacent to an activating group) is 1. The van der Waals surface area contributed by atoms with Crippen molar-refractivity contribution in [2.45, 2.75) is 44.2 Å². The molecule has 0 saturated heterocycles. The van der Waals surface area contributed by atoms with Gasteiger partial charge in [0.1, 0.15) is 0 Å². The van der Waals surface area contributed by atoms with Crippen LogP contribution in [0.15, 0.2) is 0 Å². The van der Waals surface area contributed by atoms with Crippen molar-refractivity contribution in [3.8, 4) is 0 Å². The number of carbonyl (C=O) groups is 1. The number of hydrogen-bond acceptors (Lipinski definition) is 3. The molecule has 16 heavy (non-hydrogen) atoms. The predicted molar refractivity (Wildman–Crippen MR) is 64.0 cm³/mol. The Kier molecular flexibility index (Phi) is 3.82. The maximum absolute atomic E-state index is 11.1. The van der Waals surface area contributed by atoms with Crippen LogP contribution in [0.25, 0.3) is 0 Å². The lowest BCUT2D eigenvalue weighted by atomic mass is 10.2. The fourth-order valence-corrected chi connectivity index (χ4v) is 2.22. The second-order valence-corrected chi connectivity index (χ2v) is 5.20. The summed E-state index contributed by atoms with van der Waals surface area (Å²) in [5.41, 5.74) is 5.32. The SMILES string of the molecule is CNC(CCN(CC1CC1)C1CC1)C(N)=O. The van der Waals surface area contributed by atoms with Crippen molar-refractivity contribution < 1.29 is 4.79 Å². The molecule has 0 aliphatic heterocycles. The van der Waals surface area contributed by atoms with Crippen LogP contribution in [-0.2, 0) is 4.79 Å². The van der Waals surface area contributed by atoms with Gasteiger partial charge in [0, 0.05) is 19.1 Å². The van der Waals surface area contributed by atoms with E-state index in [1.165, 1.54) is 32.2 Å². The van der Waals surface area contributed by atoms with Crippen molar-refractivity contribution in [1.82, 2.24) is 10.2 Å². The molecule has 2 saturated carbocycles. The smallest absolute Gasteiger partial charge is 0.234 e. The molecule has 0 aromatic heterocycles. The summed E-state index contributed by atoms with van der Waals surface area (Å²) in [4.78, 5) is 13.7.